The van der Waals surface area contributed by atoms with E-state index in [0.29, 0.717) is 22.9 Å². The van der Waals surface area contributed by atoms with E-state index < -0.39 is 0 Å². The van der Waals surface area contributed by atoms with Crippen LogP contribution in [0.15, 0.2) is 30.3 Å². The van der Waals surface area contributed by atoms with E-state index >= 15 is 0 Å². The molecule has 1 fully saturated rings. The summed E-state index contributed by atoms with van der Waals surface area (Å²) in [6.45, 7) is 7.17. The summed E-state index contributed by atoms with van der Waals surface area (Å²) >= 11 is 6.61. The summed E-state index contributed by atoms with van der Waals surface area (Å²) in [5, 5.41) is 0.580. The molecule has 1 aliphatic carbocycles. The second-order valence-electron chi connectivity index (χ2n) is 7.06. The fourth-order valence-corrected chi connectivity index (χ4v) is 3.61. The summed E-state index contributed by atoms with van der Waals surface area (Å²) in [6.07, 6.45) is 4.63. The van der Waals surface area contributed by atoms with Gasteiger partial charge in [0.1, 0.15) is 5.82 Å². The number of nitrogens with zero attached hydrogens (tertiary/aromatic N) is 1. The van der Waals surface area contributed by atoms with E-state index in [-0.39, 0.29) is 5.82 Å². The minimum absolute atomic E-state index is 0.249. The third kappa shape index (κ3) is 3.72. The molecular formula is C21H23ClFNO. The quantitative estimate of drug-likeness (QED) is 0.621. The van der Waals surface area contributed by atoms with Gasteiger partial charge in [0.2, 0.25) is 0 Å². The first kappa shape index (κ1) is 17.9. The van der Waals surface area contributed by atoms with E-state index in [9.17, 15) is 9.18 Å². The Balaban J connectivity index is 1.93. The summed E-state index contributed by atoms with van der Waals surface area (Å²) < 4.78 is 15.2. The first-order valence-electron chi connectivity index (χ1n) is 8.67. The first-order chi connectivity index (χ1) is 11.9. The van der Waals surface area contributed by atoms with Crippen molar-refractivity contribution in [2.24, 2.45) is 11.8 Å². The molecule has 1 saturated carbocycles. The highest BCUT2D eigenvalue weighted by atomic mass is 35.5. The highest BCUT2D eigenvalue weighted by molar-refractivity contribution is 6.49. The van der Waals surface area contributed by atoms with Crippen LogP contribution < -0.4 is 0 Å². The second kappa shape index (κ2) is 7.17. The van der Waals surface area contributed by atoms with Crippen LogP contribution in [0, 0.1) is 31.5 Å². The van der Waals surface area contributed by atoms with Gasteiger partial charge in [0.25, 0.3) is 0 Å². The highest BCUT2D eigenvalue weighted by Crippen LogP contribution is 2.41. The lowest BCUT2D eigenvalue weighted by Crippen LogP contribution is -2.07. The number of benzene rings is 1. The van der Waals surface area contributed by atoms with Crippen molar-refractivity contribution in [1.29, 1.82) is 0 Å². The molecule has 2 aromatic rings. The molecule has 0 spiro atoms. The number of halogens is 2. The maximum Gasteiger partial charge on any atom is 0.152 e. The molecule has 0 saturated heterocycles. The topological polar surface area (TPSA) is 22.0 Å². The Labute approximate surface area is 153 Å². The van der Waals surface area contributed by atoms with Gasteiger partial charge in [-0.3, -0.25) is 4.79 Å². The standard InChI is InChI=1S/C21H23ClFNO/c1-13-10-17(13)11-24-15(3)14(2)19(12-25)21(24)20(22)9-6-16-4-7-18(23)8-5-16/h4-5,7-9,12-13,17H,6,10-11H2,1-3H3. The summed E-state index contributed by atoms with van der Waals surface area (Å²) in [7, 11) is 0. The van der Waals surface area contributed by atoms with Gasteiger partial charge in [-0.15, -0.1) is 0 Å². The molecule has 1 aromatic heterocycles. The minimum atomic E-state index is -0.249. The van der Waals surface area contributed by atoms with Crippen molar-refractivity contribution in [2.75, 3.05) is 0 Å². The zero-order valence-corrected chi connectivity index (χ0v) is 15.6. The lowest BCUT2D eigenvalue weighted by Gasteiger charge is -2.12. The largest absolute Gasteiger partial charge is 0.343 e. The van der Waals surface area contributed by atoms with Gasteiger partial charge in [0.15, 0.2) is 6.29 Å². The van der Waals surface area contributed by atoms with Crippen LogP contribution in [0.5, 0.6) is 0 Å². The van der Waals surface area contributed by atoms with Gasteiger partial charge in [0.05, 0.1) is 10.7 Å². The van der Waals surface area contributed by atoms with Crippen LogP contribution in [0.25, 0.3) is 5.03 Å². The summed E-state index contributed by atoms with van der Waals surface area (Å²) in [5.74, 6) is 1.14. The van der Waals surface area contributed by atoms with Gasteiger partial charge in [-0.05, 0) is 61.8 Å². The lowest BCUT2D eigenvalue weighted by molar-refractivity contribution is 0.112. The van der Waals surface area contributed by atoms with Gasteiger partial charge in [0, 0.05) is 17.8 Å². The van der Waals surface area contributed by atoms with E-state index in [2.05, 4.69) is 11.5 Å². The fraction of sp³-hybridized carbons (Fsp3) is 0.381. The van der Waals surface area contributed by atoms with Crippen LogP contribution >= 0.6 is 11.6 Å². The molecule has 132 valence electrons. The van der Waals surface area contributed by atoms with Crippen LogP contribution in [0.4, 0.5) is 4.39 Å². The highest BCUT2D eigenvalue weighted by Gasteiger charge is 2.34. The van der Waals surface area contributed by atoms with E-state index in [4.69, 9.17) is 11.6 Å². The molecule has 4 heteroatoms. The maximum atomic E-state index is 13.0. The summed E-state index contributed by atoms with van der Waals surface area (Å²) in [6, 6.07) is 6.38. The number of rotatable bonds is 6. The van der Waals surface area contributed by atoms with Crippen molar-refractivity contribution in [3.8, 4) is 0 Å². The van der Waals surface area contributed by atoms with Crippen molar-refractivity contribution in [3.63, 3.8) is 0 Å². The van der Waals surface area contributed by atoms with Crippen LogP contribution in [-0.2, 0) is 13.0 Å². The Morgan fingerprint density at radius 3 is 2.52 bits per heavy atom. The average molecular weight is 360 g/mol. The number of hydrogen-bond donors (Lipinski definition) is 0. The van der Waals surface area contributed by atoms with Crippen LogP contribution in [0.3, 0.4) is 0 Å². The minimum Gasteiger partial charge on any atom is -0.343 e. The van der Waals surface area contributed by atoms with Gasteiger partial charge in [-0.25, -0.2) is 4.39 Å². The molecule has 2 nitrogen and oxygen atoms in total. The molecule has 1 heterocycles. The smallest absolute Gasteiger partial charge is 0.152 e. The molecule has 1 aromatic carbocycles. The zero-order chi connectivity index (χ0) is 18.1. The van der Waals surface area contributed by atoms with E-state index in [0.717, 1.165) is 41.3 Å². The fourth-order valence-electron chi connectivity index (χ4n) is 3.33. The number of hydrogen-bond acceptors (Lipinski definition) is 1. The molecule has 3 rings (SSSR count). The Hall–Kier alpha value is -1.87. The lowest BCUT2D eigenvalue weighted by atomic mass is 10.1. The molecule has 0 amide bonds. The zero-order valence-electron chi connectivity index (χ0n) is 14.9. The van der Waals surface area contributed by atoms with Crippen LogP contribution in [-0.4, -0.2) is 10.9 Å². The van der Waals surface area contributed by atoms with Gasteiger partial charge >= 0.3 is 0 Å². The van der Waals surface area contributed by atoms with Crippen molar-refractivity contribution in [3.05, 3.63) is 64.2 Å². The molecule has 25 heavy (non-hydrogen) atoms. The third-order valence-corrected chi connectivity index (χ3v) is 5.68. The molecule has 0 bridgehead atoms. The number of carbonyl (C=O) groups excluding carboxylic acids is 1. The van der Waals surface area contributed by atoms with Gasteiger partial charge in [-0.2, -0.15) is 0 Å². The molecule has 1 aliphatic rings. The van der Waals surface area contributed by atoms with Crippen LogP contribution in [0.1, 0.15) is 46.2 Å². The predicted molar refractivity (Wildman–Crippen MR) is 100 cm³/mol. The Morgan fingerprint density at radius 2 is 1.96 bits per heavy atom. The third-order valence-electron chi connectivity index (χ3n) is 5.34. The van der Waals surface area contributed by atoms with Crippen molar-refractivity contribution in [1.82, 2.24) is 4.57 Å². The number of aldehydes is 1. The summed E-state index contributed by atoms with van der Waals surface area (Å²) in [5.41, 5.74) is 4.56. The van der Waals surface area contributed by atoms with E-state index in [1.54, 1.807) is 12.1 Å². The number of aromatic nitrogens is 1. The SMILES string of the molecule is Cc1c(C=O)c(C(Cl)=CCc2ccc(F)cc2)n(CC2CC2C)c1C. The molecule has 0 N–H and O–H groups in total. The van der Waals surface area contributed by atoms with Gasteiger partial charge < -0.3 is 4.57 Å². The molecule has 0 radical (unpaired) electrons. The van der Waals surface area contributed by atoms with Crippen molar-refractivity contribution in [2.45, 2.75) is 40.2 Å². The van der Waals surface area contributed by atoms with Gasteiger partial charge in [-0.1, -0.05) is 36.7 Å². The maximum absolute atomic E-state index is 13.0. The monoisotopic (exact) mass is 359 g/mol. The van der Waals surface area contributed by atoms with Crippen molar-refractivity contribution < 1.29 is 9.18 Å². The Morgan fingerprint density at radius 1 is 1.32 bits per heavy atom. The predicted octanol–water partition coefficient (Wildman–Crippen LogP) is 5.53. The Bertz CT molecular complexity index is 819. The van der Waals surface area contributed by atoms with Crippen LogP contribution in [0.2, 0.25) is 0 Å². The Kier molecular flexibility index (Phi) is 5.14. The second-order valence-corrected chi connectivity index (χ2v) is 7.46. The molecule has 2 atom stereocenters. The number of allylic oxidation sites excluding steroid dienone is 1. The van der Waals surface area contributed by atoms with Crippen molar-refractivity contribution >= 4 is 22.9 Å². The molecule has 2 unspecified atom stereocenters. The molecular weight excluding hydrogens is 337 g/mol. The molecule has 0 aliphatic heterocycles. The summed E-state index contributed by atoms with van der Waals surface area (Å²) in [4.78, 5) is 11.7. The number of carbonyl (C=O) groups is 1. The van der Waals surface area contributed by atoms with E-state index in [1.807, 2.05) is 19.9 Å². The van der Waals surface area contributed by atoms with E-state index in [1.165, 1.54) is 18.6 Å². The average Bonchev–Trinajstić information content (AvgIpc) is 3.24. The normalized spacial score (nSPS) is 20.0. The first-order valence-corrected chi connectivity index (χ1v) is 9.05.